The summed E-state index contributed by atoms with van der Waals surface area (Å²) in [7, 11) is 1.61. The number of methoxy groups -OCH3 is 1. The molecule has 0 fully saturated rings. The summed E-state index contributed by atoms with van der Waals surface area (Å²) >= 11 is 1.66. The molecule has 2 aromatic heterocycles. The number of nitrogens with one attached hydrogen (secondary N) is 1. The number of ether oxygens (including phenoxy) is 1. The molecule has 4 nitrogen and oxygen atoms in total. The van der Waals surface area contributed by atoms with Crippen molar-refractivity contribution in [2.45, 2.75) is 19.4 Å². The molecule has 0 radical (unpaired) electrons. The van der Waals surface area contributed by atoms with Crippen LogP contribution >= 0.6 is 11.3 Å². The molecule has 1 atom stereocenters. The number of hydrogen-bond acceptors (Lipinski definition) is 3. The normalized spacial score (nSPS) is 11.9. The molecule has 0 aliphatic rings. The van der Waals surface area contributed by atoms with Crippen LogP contribution in [0.4, 0.5) is 5.69 Å². The first-order valence-electron chi connectivity index (χ1n) is 7.77. The van der Waals surface area contributed by atoms with Gasteiger partial charge < -0.3 is 14.6 Å². The molecule has 0 aliphatic heterocycles. The van der Waals surface area contributed by atoms with Crippen molar-refractivity contribution in [1.82, 2.24) is 4.57 Å². The van der Waals surface area contributed by atoms with Crippen molar-refractivity contribution in [3.8, 4) is 5.75 Å². The van der Waals surface area contributed by atoms with Gasteiger partial charge >= 0.3 is 0 Å². The number of rotatable bonds is 6. The molecule has 0 spiro atoms. The molecule has 3 aromatic rings. The molecule has 124 valence electrons. The molecule has 0 bridgehead atoms. The molecule has 1 N–H and O–H groups in total. The van der Waals surface area contributed by atoms with Gasteiger partial charge in [-0.25, -0.2) is 0 Å². The van der Waals surface area contributed by atoms with Crippen molar-refractivity contribution in [2.24, 2.45) is 0 Å². The minimum atomic E-state index is -0.0361. The molecule has 3 rings (SSSR count). The fraction of sp³-hybridized carbons (Fsp3) is 0.211. The van der Waals surface area contributed by atoms with E-state index in [2.05, 4.69) is 16.0 Å². The van der Waals surface area contributed by atoms with Crippen LogP contribution in [0.2, 0.25) is 0 Å². The van der Waals surface area contributed by atoms with Gasteiger partial charge in [-0.3, -0.25) is 4.79 Å². The third-order valence-electron chi connectivity index (χ3n) is 3.87. The molecule has 0 aliphatic carbocycles. The van der Waals surface area contributed by atoms with Gasteiger partial charge in [0, 0.05) is 17.3 Å². The number of thiophene rings is 1. The van der Waals surface area contributed by atoms with Crippen LogP contribution in [0.15, 0.2) is 60.2 Å². The van der Waals surface area contributed by atoms with Crippen LogP contribution in [-0.4, -0.2) is 17.6 Å². The summed E-state index contributed by atoms with van der Waals surface area (Å²) in [6.07, 6.45) is 4.35. The van der Waals surface area contributed by atoms with Crippen LogP contribution in [0.3, 0.4) is 0 Å². The molecular formula is C19H20N2O2S. The Kier molecular flexibility index (Phi) is 5.01. The van der Waals surface area contributed by atoms with Crippen LogP contribution in [0.25, 0.3) is 0 Å². The number of carbonyl (C=O) groups excluding carboxylic acids is 1. The van der Waals surface area contributed by atoms with Gasteiger partial charge in [-0.05, 0) is 48.2 Å². The highest BCUT2D eigenvalue weighted by Gasteiger charge is 2.19. The molecule has 1 aromatic carbocycles. The predicted molar refractivity (Wildman–Crippen MR) is 97.9 cm³/mol. The monoisotopic (exact) mass is 340 g/mol. The second-order valence-corrected chi connectivity index (χ2v) is 6.60. The lowest BCUT2D eigenvalue weighted by Crippen LogP contribution is -2.19. The Balaban J connectivity index is 1.79. The predicted octanol–water partition coefficient (Wildman–Crippen LogP) is 4.48. The zero-order valence-corrected chi connectivity index (χ0v) is 14.5. The molecule has 0 saturated heterocycles. The summed E-state index contributed by atoms with van der Waals surface area (Å²) in [6.45, 7) is 1.99. The maximum Gasteiger partial charge on any atom is 0.226 e. The Labute approximate surface area is 145 Å². The first-order valence-corrected chi connectivity index (χ1v) is 8.65. The van der Waals surface area contributed by atoms with Crippen LogP contribution < -0.4 is 10.1 Å². The number of aryl methyl sites for hydroxylation is 1. The van der Waals surface area contributed by atoms with Gasteiger partial charge in [-0.1, -0.05) is 12.1 Å². The maximum atomic E-state index is 12.6. The first-order chi connectivity index (χ1) is 11.7. The van der Waals surface area contributed by atoms with E-state index >= 15 is 0 Å². The van der Waals surface area contributed by atoms with Gasteiger partial charge in [0.1, 0.15) is 5.75 Å². The number of anilines is 1. The van der Waals surface area contributed by atoms with Gasteiger partial charge in [0.2, 0.25) is 5.91 Å². The molecule has 0 saturated carbocycles. The Bertz CT molecular complexity index is 761. The summed E-state index contributed by atoms with van der Waals surface area (Å²) in [6, 6.07) is 13.8. The third-order valence-corrected chi connectivity index (χ3v) is 4.84. The summed E-state index contributed by atoms with van der Waals surface area (Å²) < 4.78 is 7.40. The highest BCUT2D eigenvalue weighted by atomic mass is 32.1. The molecule has 1 amide bonds. The third kappa shape index (κ3) is 3.68. The van der Waals surface area contributed by atoms with E-state index in [0.717, 1.165) is 10.4 Å². The first kappa shape index (κ1) is 16.3. The zero-order chi connectivity index (χ0) is 16.9. The van der Waals surface area contributed by atoms with Crippen molar-refractivity contribution in [1.29, 1.82) is 0 Å². The highest BCUT2D eigenvalue weighted by Crippen LogP contribution is 2.29. The van der Waals surface area contributed by atoms with Crippen molar-refractivity contribution < 1.29 is 9.53 Å². The lowest BCUT2D eigenvalue weighted by molar-refractivity contribution is -0.116. The summed E-state index contributed by atoms with van der Waals surface area (Å²) in [5.41, 5.74) is 1.78. The van der Waals surface area contributed by atoms with Crippen LogP contribution in [0.5, 0.6) is 5.75 Å². The number of hydrogen-bond donors (Lipinski definition) is 1. The Morgan fingerprint density at radius 3 is 2.71 bits per heavy atom. The lowest BCUT2D eigenvalue weighted by atomic mass is 10.1. The topological polar surface area (TPSA) is 43.3 Å². The van der Waals surface area contributed by atoms with E-state index in [-0.39, 0.29) is 11.9 Å². The van der Waals surface area contributed by atoms with E-state index in [9.17, 15) is 4.79 Å². The van der Waals surface area contributed by atoms with E-state index < -0.39 is 0 Å². The van der Waals surface area contributed by atoms with E-state index in [4.69, 9.17) is 4.74 Å². The summed E-state index contributed by atoms with van der Waals surface area (Å²) in [4.78, 5) is 13.8. The molecule has 5 heteroatoms. The van der Waals surface area contributed by atoms with E-state index in [0.29, 0.717) is 17.9 Å². The highest BCUT2D eigenvalue weighted by molar-refractivity contribution is 7.10. The lowest BCUT2D eigenvalue weighted by Gasteiger charge is -2.18. The maximum absolute atomic E-state index is 12.6. The Hall–Kier alpha value is -2.53. The van der Waals surface area contributed by atoms with Gasteiger partial charge in [-0.2, -0.15) is 0 Å². The minimum absolute atomic E-state index is 0.00389. The van der Waals surface area contributed by atoms with E-state index in [1.807, 2.05) is 61.1 Å². The SMILES string of the molecule is COc1ccc(C)cc1NC(=O)C[C@H](c1cccs1)n1cccc1. The Morgan fingerprint density at radius 2 is 2.04 bits per heavy atom. The van der Waals surface area contributed by atoms with Crippen LogP contribution in [0, 0.1) is 6.92 Å². The van der Waals surface area contributed by atoms with Crippen LogP contribution in [0.1, 0.15) is 22.9 Å². The summed E-state index contributed by atoms with van der Waals surface area (Å²) in [5, 5.41) is 5.02. The quantitative estimate of drug-likeness (QED) is 0.719. The molecule has 0 unspecified atom stereocenters. The van der Waals surface area contributed by atoms with Gasteiger partial charge in [0.15, 0.2) is 0 Å². The number of nitrogens with zero attached hydrogens (tertiary/aromatic N) is 1. The fourth-order valence-corrected chi connectivity index (χ4v) is 3.52. The summed E-state index contributed by atoms with van der Waals surface area (Å²) in [5.74, 6) is 0.633. The molecule has 24 heavy (non-hydrogen) atoms. The number of benzene rings is 1. The smallest absolute Gasteiger partial charge is 0.226 e. The second-order valence-electron chi connectivity index (χ2n) is 5.62. The number of aromatic nitrogens is 1. The van der Waals surface area contributed by atoms with Crippen molar-refractivity contribution >= 4 is 22.9 Å². The van der Waals surface area contributed by atoms with Gasteiger partial charge in [0.25, 0.3) is 0 Å². The largest absolute Gasteiger partial charge is 0.495 e. The second kappa shape index (κ2) is 7.36. The average molecular weight is 340 g/mol. The van der Waals surface area contributed by atoms with Gasteiger partial charge in [0.05, 0.1) is 25.3 Å². The van der Waals surface area contributed by atoms with E-state index in [1.165, 1.54) is 0 Å². The number of carbonyl (C=O) groups is 1. The zero-order valence-electron chi connectivity index (χ0n) is 13.7. The molecular weight excluding hydrogens is 320 g/mol. The fourth-order valence-electron chi connectivity index (χ4n) is 2.69. The average Bonchev–Trinajstić information content (AvgIpc) is 3.27. The van der Waals surface area contributed by atoms with Gasteiger partial charge in [-0.15, -0.1) is 11.3 Å². The van der Waals surface area contributed by atoms with Crippen LogP contribution in [-0.2, 0) is 4.79 Å². The standard InChI is InChI=1S/C19H20N2O2S/c1-14-7-8-17(23-2)15(12-14)20-19(22)13-16(18-6-5-11-24-18)21-9-3-4-10-21/h3-12,16H,13H2,1-2H3,(H,20,22)/t16-/m1/s1. The minimum Gasteiger partial charge on any atom is -0.495 e. The van der Waals surface area contributed by atoms with Crippen molar-refractivity contribution in [3.63, 3.8) is 0 Å². The molecule has 2 heterocycles. The van der Waals surface area contributed by atoms with Crippen molar-refractivity contribution in [3.05, 3.63) is 70.7 Å². The van der Waals surface area contributed by atoms with E-state index in [1.54, 1.807) is 18.4 Å². The Morgan fingerprint density at radius 1 is 1.25 bits per heavy atom. The van der Waals surface area contributed by atoms with Crippen molar-refractivity contribution in [2.75, 3.05) is 12.4 Å². The number of amides is 1.